The highest BCUT2D eigenvalue weighted by Crippen LogP contribution is 2.34. The number of hydrogen-bond donors (Lipinski definition) is 9. The van der Waals surface area contributed by atoms with Crippen molar-refractivity contribution in [3.8, 4) is 5.75 Å². The first kappa shape index (κ1) is 94.6. The van der Waals surface area contributed by atoms with Crippen LogP contribution in [0, 0.1) is 46.4 Å². The second kappa shape index (κ2) is 49.0. The van der Waals surface area contributed by atoms with Crippen LogP contribution in [0.2, 0.25) is 0 Å². The van der Waals surface area contributed by atoms with Crippen LogP contribution in [0.4, 0.5) is 33.5 Å². The summed E-state index contributed by atoms with van der Waals surface area (Å²) in [5, 5.41) is 57.3. The lowest BCUT2D eigenvalue weighted by Gasteiger charge is -2.26. The molecule has 4 atom stereocenters. The molecule has 26 nitrogen and oxygen atoms in total. The highest BCUT2D eigenvalue weighted by molar-refractivity contribution is 7.07. The van der Waals surface area contributed by atoms with Crippen molar-refractivity contribution in [2.45, 2.75) is 261 Å². The molecule has 15 rings (SSSR count). The second-order valence-electron chi connectivity index (χ2n) is 32.6. The molecule has 0 saturated heterocycles. The number of anilines is 5. The van der Waals surface area contributed by atoms with E-state index in [1.165, 1.54) is 42.9 Å². The number of aryl methyl sites for hydroxylation is 6. The smallest absolute Gasteiger partial charge is 0.154 e. The summed E-state index contributed by atoms with van der Waals surface area (Å²) in [4.78, 5) is 50.4. The van der Waals surface area contributed by atoms with Crippen molar-refractivity contribution >= 4 is 95.6 Å². The van der Waals surface area contributed by atoms with Gasteiger partial charge in [0.2, 0.25) is 0 Å². The molecule has 1 aliphatic rings. The standard InChI is InChI=1S/C22H30N4O2.C21H27FN4O.C18H25N5OS.C18H28N4O.C18H22N4/c1-4-5-6-18(12-14-27)25-22-21-20(23-16(2)24-22)11-13-26(21)15-17-7-9-19(28-3)10-8-17;1-3-4-8-17(11-13-27)25-21-20-19(23-15(2)24-21)10-12-26(20)14-16-7-5-6-9-18(16)22;1-3-4-5-14(7-9-24)22-18-17-16(20-13(2)21-18)6-8-23(17)10-15-11-25-12-19-15;1-3-5-15(9-11-23)21-18-17-16(19-13(2)20-18)8-10-22(17)12-14-6-4-7-14;1-3-4-11-22-12-10-16-17(22)18(21-14(2)20-16)19-13-15-8-6-5-7-9-15/h7-11,13,18,27H,4-6,12,14-15H2,1-3H3,(H,23,24,25);5-7,9-10,12,17,27H,3-4,8,11,13-14H2,1-2H3,(H,23,24,25);6,8,11-12,14,24H,3-5,7,9-10H2,1-2H3,(H,20,21,22);8,10,14-15,23H,3-7,9,11-12H2,1-2H3,(H,19,20,21);5-10,12H,3-4,11,13H2,1-2H3,(H,19,20,21). The number of aromatic nitrogens is 16. The van der Waals surface area contributed by atoms with E-state index in [0.717, 1.165) is 241 Å². The Hall–Kier alpha value is -11.0. The van der Waals surface area contributed by atoms with E-state index in [-0.39, 0.29) is 56.4 Å². The molecule has 668 valence electrons. The molecule has 0 amide bonds. The molecule has 0 aliphatic heterocycles. The minimum atomic E-state index is -0.219. The van der Waals surface area contributed by atoms with Crippen LogP contribution in [0.1, 0.15) is 215 Å². The van der Waals surface area contributed by atoms with Gasteiger partial charge in [-0.15, -0.1) is 11.3 Å². The molecule has 4 unspecified atom stereocenters. The minimum absolute atomic E-state index is 0.130. The monoisotopic (exact) mass is 1720 g/mol. The molecule has 125 heavy (non-hydrogen) atoms. The number of rotatable bonds is 42. The molecule has 0 bridgehead atoms. The summed E-state index contributed by atoms with van der Waals surface area (Å²) >= 11 is 1.60. The van der Waals surface area contributed by atoms with Gasteiger partial charge in [0.1, 0.15) is 68.3 Å². The van der Waals surface area contributed by atoms with Crippen molar-refractivity contribution in [1.29, 1.82) is 0 Å². The zero-order valence-corrected chi connectivity index (χ0v) is 76.0. The quantitative estimate of drug-likeness (QED) is 0.0172. The lowest BCUT2D eigenvalue weighted by molar-refractivity contribution is 0.275. The van der Waals surface area contributed by atoms with Gasteiger partial charge in [-0.2, -0.15) is 0 Å². The number of benzene rings is 3. The number of hydrogen-bond acceptors (Lipinski definition) is 22. The molecule has 1 saturated carbocycles. The lowest BCUT2D eigenvalue weighted by atomic mass is 9.85. The van der Waals surface area contributed by atoms with Gasteiger partial charge in [-0.1, -0.05) is 153 Å². The van der Waals surface area contributed by atoms with Crippen LogP contribution in [-0.4, -0.2) is 156 Å². The summed E-state index contributed by atoms with van der Waals surface area (Å²) in [5.41, 5.74) is 15.7. The summed E-state index contributed by atoms with van der Waals surface area (Å²) in [6, 6.07) is 36.3. The molecule has 0 spiro atoms. The zero-order chi connectivity index (χ0) is 88.4. The van der Waals surface area contributed by atoms with Gasteiger partial charge in [-0.05, 0) is 171 Å². The molecule has 1 fully saturated rings. The van der Waals surface area contributed by atoms with Crippen molar-refractivity contribution in [3.63, 3.8) is 0 Å². The number of aliphatic hydroxyl groups is 4. The Morgan fingerprint density at radius 2 is 0.816 bits per heavy atom. The normalized spacial score (nSPS) is 12.9. The van der Waals surface area contributed by atoms with Crippen LogP contribution in [0.3, 0.4) is 0 Å². The van der Waals surface area contributed by atoms with E-state index >= 15 is 0 Å². The summed E-state index contributed by atoms with van der Waals surface area (Å²) in [6.07, 6.45) is 31.3. The molecule has 1 aliphatic carbocycles. The molecule has 28 heteroatoms. The van der Waals surface area contributed by atoms with Crippen LogP contribution in [0.5, 0.6) is 5.75 Å². The maximum atomic E-state index is 14.1. The van der Waals surface area contributed by atoms with Crippen molar-refractivity contribution in [2.24, 2.45) is 5.92 Å². The zero-order valence-electron chi connectivity index (χ0n) is 75.2. The third-order valence-corrected chi connectivity index (χ3v) is 23.2. The minimum Gasteiger partial charge on any atom is -0.497 e. The number of fused-ring (bicyclic) bond motifs is 5. The van der Waals surface area contributed by atoms with Gasteiger partial charge in [-0.3, -0.25) is 0 Å². The third kappa shape index (κ3) is 27.2. The SMILES string of the molecule is CCCC(CCO)Nc1nc(C)nc2ccn(CC3CCC3)c12.CCCCC(CCO)Nc1nc(C)nc2ccn(Cc3ccc(OC)cc3)c12.CCCCC(CCO)Nc1nc(C)nc2ccn(Cc3ccccc3F)c12.CCCCC(CCO)Nc1nc(C)nc2ccn(Cc3cscn3)c12.CCCCn1ccc2nc(C)nc(NCc3ccccc3)c21. The van der Waals surface area contributed by atoms with Crippen LogP contribution in [0.15, 0.2) is 151 Å². The number of unbranched alkanes of at least 4 members (excludes halogenated alkanes) is 4. The highest BCUT2D eigenvalue weighted by atomic mass is 32.1. The molecule has 11 heterocycles. The molecule has 3 aromatic carbocycles. The van der Waals surface area contributed by atoms with Gasteiger partial charge in [-0.25, -0.2) is 59.2 Å². The van der Waals surface area contributed by atoms with Gasteiger partial charge in [0.25, 0.3) is 0 Å². The first-order valence-electron chi connectivity index (χ1n) is 45.1. The predicted molar refractivity (Wildman–Crippen MR) is 506 cm³/mol. The van der Waals surface area contributed by atoms with Crippen molar-refractivity contribution in [2.75, 3.05) is 60.1 Å². The average Bonchev–Trinajstić information content (AvgIpc) is 1.67. The second-order valence-corrected chi connectivity index (χ2v) is 33.3. The van der Waals surface area contributed by atoms with E-state index in [2.05, 4.69) is 207 Å². The van der Waals surface area contributed by atoms with Crippen molar-refractivity contribution in [1.82, 2.24) is 77.7 Å². The molecule has 14 aromatic rings. The van der Waals surface area contributed by atoms with E-state index < -0.39 is 0 Å². The Morgan fingerprint density at radius 1 is 0.416 bits per heavy atom. The van der Waals surface area contributed by atoms with E-state index in [4.69, 9.17) is 4.74 Å². The van der Waals surface area contributed by atoms with Crippen LogP contribution >= 0.6 is 11.3 Å². The van der Waals surface area contributed by atoms with Gasteiger partial charge in [0.05, 0.1) is 59.0 Å². The van der Waals surface area contributed by atoms with E-state index in [0.29, 0.717) is 37.3 Å². The number of nitrogens with zero attached hydrogens (tertiary/aromatic N) is 16. The van der Waals surface area contributed by atoms with E-state index in [1.807, 2.05) is 99.6 Å². The molecule has 0 radical (unpaired) electrons. The number of halogens is 1. The fraction of sp³-hybridized carbons (Fsp3) is 0.474. The summed E-state index contributed by atoms with van der Waals surface area (Å²) in [7, 11) is 1.67. The largest absolute Gasteiger partial charge is 0.497 e. The number of methoxy groups -OCH3 is 1. The summed E-state index contributed by atoms with van der Waals surface area (Å²) in [6.45, 7) is 25.8. The third-order valence-electron chi connectivity index (χ3n) is 22.6. The molecule has 11 aromatic heterocycles. The first-order chi connectivity index (χ1) is 60.9. The number of thiazole rings is 1. The fourth-order valence-corrected chi connectivity index (χ4v) is 16.5. The molecule has 9 N–H and O–H groups in total. The van der Waals surface area contributed by atoms with Crippen molar-refractivity contribution < 1.29 is 29.6 Å². The lowest BCUT2D eigenvalue weighted by Crippen LogP contribution is -2.23. The Labute approximate surface area is 739 Å². The fourth-order valence-electron chi connectivity index (χ4n) is 15.9. The first-order valence-corrected chi connectivity index (χ1v) is 46.1. The van der Waals surface area contributed by atoms with Crippen LogP contribution < -0.4 is 31.3 Å². The Balaban J connectivity index is 0.000000152. The highest BCUT2D eigenvalue weighted by Gasteiger charge is 2.24. The maximum Gasteiger partial charge on any atom is 0.154 e. The Bertz CT molecular complexity index is 5550. The Morgan fingerprint density at radius 3 is 1.22 bits per heavy atom. The Kier molecular flexibility index (Phi) is 37.1. The molecular weight excluding hydrogens is 1590 g/mol. The van der Waals surface area contributed by atoms with Crippen LogP contribution in [0.25, 0.3) is 55.2 Å². The average molecular weight is 1720 g/mol. The van der Waals surface area contributed by atoms with Gasteiger partial charge >= 0.3 is 0 Å². The molecular formula is C97H132FN21O5S. The van der Waals surface area contributed by atoms with E-state index in [9.17, 15) is 24.8 Å². The number of nitrogens with one attached hydrogen (secondary N) is 5. The summed E-state index contributed by atoms with van der Waals surface area (Å²) < 4.78 is 30.2. The van der Waals surface area contributed by atoms with Crippen molar-refractivity contribution in [3.05, 3.63) is 208 Å². The van der Waals surface area contributed by atoms with E-state index in [1.54, 1.807) is 30.6 Å². The number of aliphatic hydroxyl groups excluding tert-OH is 4. The van der Waals surface area contributed by atoms with Crippen LogP contribution in [-0.2, 0) is 39.3 Å². The number of ether oxygens (including phenoxy) is 1. The predicted octanol–water partition coefficient (Wildman–Crippen LogP) is 19.7. The maximum absolute atomic E-state index is 14.1. The van der Waals surface area contributed by atoms with Gasteiger partial charge in [0, 0.05) is 119 Å². The van der Waals surface area contributed by atoms with Gasteiger partial charge < -0.3 is 74.6 Å². The summed E-state index contributed by atoms with van der Waals surface area (Å²) in [5.74, 6) is 9.48. The van der Waals surface area contributed by atoms with Gasteiger partial charge in [0.15, 0.2) is 29.1 Å². The topological polar surface area (TPSA) is 317 Å².